The number of rotatable bonds is 6. The maximum atomic E-state index is 12.6. The van der Waals surface area contributed by atoms with Gasteiger partial charge >= 0.3 is 0 Å². The molecule has 3 heterocycles. The van der Waals surface area contributed by atoms with Crippen molar-refractivity contribution < 1.29 is 9.21 Å². The van der Waals surface area contributed by atoms with Crippen LogP contribution in [0.1, 0.15) is 46.2 Å². The SMILES string of the molecule is Cc1cc(C)n(Cc2ccc(C(=O)NC(C)c3cccc(-n4cccc4)c3)o2)n1. The van der Waals surface area contributed by atoms with Crippen molar-refractivity contribution in [2.75, 3.05) is 0 Å². The molecular formula is C23H24N4O2. The number of nitrogens with zero attached hydrogens (tertiary/aromatic N) is 3. The van der Waals surface area contributed by atoms with Gasteiger partial charge in [-0.3, -0.25) is 9.48 Å². The van der Waals surface area contributed by atoms with Crippen LogP contribution in [-0.2, 0) is 6.54 Å². The molecule has 0 aliphatic carbocycles. The summed E-state index contributed by atoms with van der Waals surface area (Å²) in [5.41, 5.74) is 4.10. The van der Waals surface area contributed by atoms with Crippen molar-refractivity contribution in [2.24, 2.45) is 0 Å². The fourth-order valence-corrected chi connectivity index (χ4v) is 3.38. The zero-order valence-corrected chi connectivity index (χ0v) is 16.8. The van der Waals surface area contributed by atoms with Gasteiger partial charge in [-0.2, -0.15) is 5.10 Å². The quantitative estimate of drug-likeness (QED) is 0.532. The van der Waals surface area contributed by atoms with Crippen LogP contribution in [0.5, 0.6) is 0 Å². The number of aromatic nitrogens is 3. The van der Waals surface area contributed by atoms with Crippen LogP contribution >= 0.6 is 0 Å². The number of furan rings is 1. The number of hydrogen-bond donors (Lipinski definition) is 1. The Bertz CT molecular complexity index is 1120. The van der Waals surface area contributed by atoms with Crippen LogP contribution in [0, 0.1) is 13.8 Å². The highest BCUT2D eigenvalue weighted by molar-refractivity contribution is 5.91. The third-order valence-electron chi connectivity index (χ3n) is 4.91. The Hall–Kier alpha value is -3.54. The van der Waals surface area contributed by atoms with Gasteiger partial charge in [0.05, 0.1) is 18.3 Å². The van der Waals surface area contributed by atoms with E-state index in [1.807, 2.05) is 84.9 Å². The average molecular weight is 388 g/mol. The van der Waals surface area contributed by atoms with E-state index in [9.17, 15) is 4.79 Å². The molecule has 148 valence electrons. The van der Waals surface area contributed by atoms with E-state index in [1.165, 1.54) is 0 Å². The molecule has 29 heavy (non-hydrogen) atoms. The van der Waals surface area contributed by atoms with Crippen molar-refractivity contribution in [3.05, 3.63) is 95.5 Å². The van der Waals surface area contributed by atoms with Gasteiger partial charge in [-0.25, -0.2) is 0 Å². The number of aryl methyl sites for hydroxylation is 2. The highest BCUT2D eigenvalue weighted by Gasteiger charge is 2.16. The highest BCUT2D eigenvalue weighted by atomic mass is 16.4. The molecule has 0 spiro atoms. The van der Waals surface area contributed by atoms with Gasteiger partial charge < -0.3 is 14.3 Å². The molecule has 0 radical (unpaired) electrons. The summed E-state index contributed by atoms with van der Waals surface area (Å²) in [5.74, 6) is 0.766. The molecule has 0 fully saturated rings. The highest BCUT2D eigenvalue weighted by Crippen LogP contribution is 2.18. The Morgan fingerprint density at radius 2 is 1.90 bits per heavy atom. The molecule has 1 aromatic carbocycles. The van der Waals surface area contributed by atoms with E-state index >= 15 is 0 Å². The molecule has 1 unspecified atom stereocenters. The van der Waals surface area contributed by atoms with Gasteiger partial charge in [-0.1, -0.05) is 12.1 Å². The molecule has 0 aliphatic rings. The molecule has 0 aliphatic heterocycles. The summed E-state index contributed by atoms with van der Waals surface area (Å²) in [5, 5.41) is 7.44. The monoisotopic (exact) mass is 388 g/mol. The van der Waals surface area contributed by atoms with Gasteiger partial charge in [0.15, 0.2) is 5.76 Å². The first-order valence-corrected chi connectivity index (χ1v) is 9.63. The zero-order valence-electron chi connectivity index (χ0n) is 16.8. The molecule has 4 rings (SSSR count). The standard InChI is InChI=1S/C23H24N4O2/c1-16-13-17(2)27(25-16)15-21-9-10-22(29-21)23(28)24-18(3)19-7-6-8-20(14-19)26-11-4-5-12-26/h4-14,18H,15H2,1-3H3,(H,24,28). The van der Waals surface area contributed by atoms with Crippen LogP contribution in [0.3, 0.4) is 0 Å². The first kappa shape index (κ1) is 18.8. The minimum atomic E-state index is -0.233. The minimum Gasteiger partial charge on any atom is -0.454 e. The second kappa shape index (κ2) is 7.83. The summed E-state index contributed by atoms with van der Waals surface area (Å²) in [4.78, 5) is 12.6. The Morgan fingerprint density at radius 1 is 1.10 bits per heavy atom. The molecule has 1 atom stereocenters. The van der Waals surface area contributed by atoms with Crippen LogP contribution in [0.15, 0.2) is 71.4 Å². The molecular weight excluding hydrogens is 364 g/mol. The third-order valence-corrected chi connectivity index (χ3v) is 4.91. The third kappa shape index (κ3) is 4.16. The van der Waals surface area contributed by atoms with Crippen LogP contribution in [-0.4, -0.2) is 20.3 Å². The summed E-state index contributed by atoms with van der Waals surface area (Å²) >= 11 is 0. The Balaban J connectivity index is 1.44. The number of nitrogens with one attached hydrogen (secondary N) is 1. The van der Waals surface area contributed by atoms with Gasteiger partial charge in [0.1, 0.15) is 5.76 Å². The molecule has 1 N–H and O–H groups in total. The lowest BCUT2D eigenvalue weighted by Crippen LogP contribution is -2.26. The van der Waals surface area contributed by atoms with E-state index < -0.39 is 0 Å². The Kier molecular flexibility index (Phi) is 5.08. The molecule has 4 aromatic rings. The van der Waals surface area contributed by atoms with E-state index in [4.69, 9.17) is 4.42 Å². The molecule has 0 saturated heterocycles. The fraction of sp³-hybridized carbons (Fsp3) is 0.217. The first-order valence-electron chi connectivity index (χ1n) is 9.63. The van der Waals surface area contributed by atoms with E-state index in [0.717, 1.165) is 22.6 Å². The van der Waals surface area contributed by atoms with Crippen molar-refractivity contribution in [3.63, 3.8) is 0 Å². The van der Waals surface area contributed by atoms with Crippen molar-refractivity contribution in [2.45, 2.75) is 33.4 Å². The minimum absolute atomic E-state index is 0.150. The predicted octanol–water partition coefficient (Wildman–Crippen LogP) is 4.42. The van der Waals surface area contributed by atoms with Crippen LogP contribution < -0.4 is 5.32 Å². The molecule has 6 nitrogen and oxygen atoms in total. The van der Waals surface area contributed by atoms with E-state index in [-0.39, 0.29) is 11.9 Å². The topological polar surface area (TPSA) is 65.0 Å². The number of amides is 1. The van der Waals surface area contributed by atoms with Crippen LogP contribution in [0.25, 0.3) is 5.69 Å². The van der Waals surface area contributed by atoms with Gasteiger partial charge in [-0.05, 0) is 68.8 Å². The Morgan fingerprint density at radius 3 is 2.62 bits per heavy atom. The summed E-state index contributed by atoms with van der Waals surface area (Å²) in [6.45, 7) is 6.42. The van der Waals surface area contributed by atoms with Gasteiger partial charge in [0.25, 0.3) is 5.91 Å². The van der Waals surface area contributed by atoms with Crippen molar-refractivity contribution in [3.8, 4) is 5.69 Å². The van der Waals surface area contributed by atoms with E-state index in [1.54, 1.807) is 6.07 Å². The summed E-state index contributed by atoms with van der Waals surface area (Å²) in [6.07, 6.45) is 3.99. The number of carbonyl (C=O) groups is 1. The molecule has 0 bridgehead atoms. The van der Waals surface area contributed by atoms with E-state index in [2.05, 4.69) is 16.5 Å². The fourth-order valence-electron chi connectivity index (χ4n) is 3.38. The van der Waals surface area contributed by atoms with Gasteiger partial charge in [-0.15, -0.1) is 0 Å². The molecule has 6 heteroatoms. The number of benzene rings is 1. The van der Waals surface area contributed by atoms with Crippen LogP contribution in [0.2, 0.25) is 0 Å². The molecule has 0 saturated carbocycles. The lowest BCUT2D eigenvalue weighted by molar-refractivity contribution is 0.0909. The average Bonchev–Trinajstić information content (AvgIpc) is 3.44. The summed E-state index contributed by atoms with van der Waals surface area (Å²) in [7, 11) is 0. The maximum absolute atomic E-state index is 12.6. The van der Waals surface area contributed by atoms with Crippen molar-refractivity contribution in [1.82, 2.24) is 19.7 Å². The van der Waals surface area contributed by atoms with Crippen LogP contribution in [0.4, 0.5) is 0 Å². The lowest BCUT2D eigenvalue weighted by Gasteiger charge is -2.15. The molecule has 3 aromatic heterocycles. The Labute approximate surface area is 169 Å². The number of hydrogen-bond acceptors (Lipinski definition) is 3. The van der Waals surface area contributed by atoms with Gasteiger partial charge in [0.2, 0.25) is 0 Å². The first-order chi connectivity index (χ1) is 14.0. The zero-order chi connectivity index (χ0) is 20.4. The lowest BCUT2D eigenvalue weighted by atomic mass is 10.1. The van der Waals surface area contributed by atoms with Gasteiger partial charge in [0, 0.05) is 23.8 Å². The smallest absolute Gasteiger partial charge is 0.287 e. The summed E-state index contributed by atoms with van der Waals surface area (Å²) < 4.78 is 9.66. The van der Waals surface area contributed by atoms with Crippen molar-refractivity contribution >= 4 is 5.91 Å². The van der Waals surface area contributed by atoms with Crippen molar-refractivity contribution in [1.29, 1.82) is 0 Å². The molecule has 1 amide bonds. The van der Waals surface area contributed by atoms with E-state index in [0.29, 0.717) is 18.1 Å². The maximum Gasteiger partial charge on any atom is 0.287 e. The summed E-state index contributed by atoms with van der Waals surface area (Å²) in [6, 6.07) is 17.5. The number of carbonyl (C=O) groups excluding carboxylic acids is 1. The normalized spacial score (nSPS) is 12.1. The largest absolute Gasteiger partial charge is 0.454 e. The predicted molar refractivity (Wildman–Crippen MR) is 111 cm³/mol. The second-order valence-electron chi connectivity index (χ2n) is 7.23. The second-order valence-corrected chi connectivity index (χ2v) is 7.23.